The second kappa shape index (κ2) is 9.99. The highest BCUT2D eigenvalue weighted by molar-refractivity contribution is 7.99. The predicted octanol–water partition coefficient (Wildman–Crippen LogP) is 4.70. The molecule has 9 heteroatoms. The molecule has 35 heavy (non-hydrogen) atoms. The highest BCUT2D eigenvalue weighted by Crippen LogP contribution is 2.40. The van der Waals surface area contributed by atoms with Gasteiger partial charge in [0.1, 0.15) is 0 Å². The van der Waals surface area contributed by atoms with Crippen LogP contribution in [0.1, 0.15) is 22.4 Å². The number of benzene rings is 2. The summed E-state index contributed by atoms with van der Waals surface area (Å²) >= 11 is 0.976. The SMILES string of the molecule is O=C(CSc1nc2c(c(C(F)(F)F)n1)CCc1ccccc1-2)N1CCN(Cc2ccccc2)CC1. The van der Waals surface area contributed by atoms with E-state index in [9.17, 15) is 18.0 Å². The number of hydrogen-bond acceptors (Lipinski definition) is 5. The quantitative estimate of drug-likeness (QED) is 0.377. The van der Waals surface area contributed by atoms with Crippen molar-refractivity contribution in [1.82, 2.24) is 19.8 Å². The Hall–Kier alpha value is -2.91. The van der Waals surface area contributed by atoms with E-state index in [0.29, 0.717) is 30.8 Å². The van der Waals surface area contributed by atoms with Crippen LogP contribution in [0.25, 0.3) is 11.3 Å². The fourth-order valence-electron chi connectivity index (χ4n) is 4.67. The Morgan fingerprint density at radius 2 is 1.63 bits per heavy atom. The summed E-state index contributed by atoms with van der Waals surface area (Å²) in [7, 11) is 0. The van der Waals surface area contributed by atoms with Crippen LogP contribution >= 0.6 is 11.8 Å². The van der Waals surface area contributed by atoms with Gasteiger partial charge in [0, 0.05) is 43.9 Å². The number of hydrogen-bond donors (Lipinski definition) is 0. The van der Waals surface area contributed by atoms with Gasteiger partial charge in [0.2, 0.25) is 5.91 Å². The Labute approximate surface area is 206 Å². The van der Waals surface area contributed by atoms with Gasteiger partial charge in [-0.05, 0) is 24.0 Å². The zero-order chi connectivity index (χ0) is 24.4. The number of amides is 1. The minimum Gasteiger partial charge on any atom is -0.339 e. The number of piperazine rings is 1. The maximum atomic E-state index is 13.8. The van der Waals surface area contributed by atoms with E-state index >= 15 is 0 Å². The second-order valence-electron chi connectivity index (χ2n) is 8.77. The summed E-state index contributed by atoms with van der Waals surface area (Å²) in [6, 6.07) is 17.6. The van der Waals surface area contributed by atoms with Gasteiger partial charge < -0.3 is 4.90 Å². The molecule has 2 aromatic carbocycles. The Morgan fingerprint density at radius 3 is 2.37 bits per heavy atom. The largest absolute Gasteiger partial charge is 0.433 e. The number of nitrogens with zero attached hydrogens (tertiary/aromatic N) is 4. The molecule has 0 radical (unpaired) electrons. The summed E-state index contributed by atoms with van der Waals surface area (Å²) < 4.78 is 41.5. The number of aromatic nitrogens is 2. The lowest BCUT2D eigenvalue weighted by Crippen LogP contribution is -2.48. The van der Waals surface area contributed by atoms with E-state index in [-0.39, 0.29) is 28.8 Å². The molecular formula is C26H25F3N4OS. The lowest BCUT2D eigenvalue weighted by atomic mass is 9.88. The molecule has 0 atom stereocenters. The first-order chi connectivity index (χ1) is 16.9. The van der Waals surface area contributed by atoms with Gasteiger partial charge in [0.05, 0.1) is 11.4 Å². The third-order valence-corrected chi connectivity index (χ3v) is 7.30. The van der Waals surface area contributed by atoms with Crippen LogP contribution in [0.4, 0.5) is 13.2 Å². The number of carbonyl (C=O) groups excluding carboxylic acids is 1. The van der Waals surface area contributed by atoms with Crippen LogP contribution in [0.3, 0.4) is 0 Å². The van der Waals surface area contributed by atoms with Gasteiger partial charge in [-0.15, -0.1) is 0 Å². The predicted molar refractivity (Wildman–Crippen MR) is 129 cm³/mol. The minimum atomic E-state index is -4.58. The molecule has 0 bridgehead atoms. The van der Waals surface area contributed by atoms with Crippen molar-refractivity contribution >= 4 is 17.7 Å². The van der Waals surface area contributed by atoms with Gasteiger partial charge in [0.25, 0.3) is 0 Å². The standard InChI is InChI=1S/C26H25F3N4OS/c27-26(28,29)24-21-11-10-19-8-4-5-9-20(19)23(21)30-25(31-24)35-17-22(34)33-14-12-32(13-15-33)16-18-6-2-1-3-7-18/h1-9H,10-17H2. The average Bonchev–Trinajstić information content (AvgIpc) is 2.87. The van der Waals surface area contributed by atoms with Crippen molar-refractivity contribution in [2.24, 2.45) is 0 Å². The first-order valence-corrected chi connectivity index (χ1v) is 12.6. The van der Waals surface area contributed by atoms with Crippen LogP contribution in [0.2, 0.25) is 0 Å². The van der Waals surface area contributed by atoms with Crippen molar-refractivity contribution in [2.45, 2.75) is 30.7 Å². The molecule has 0 saturated carbocycles. The number of carbonyl (C=O) groups is 1. The summed E-state index contributed by atoms with van der Waals surface area (Å²) in [5, 5.41) is -0.0103. The van der Waals surface area contributed by atoms with E-state index in [0.717, 1.165) is 37.0 Å². The van der Waals surface area contributed by atoms with E-state index in [2.05, 4.69) is 27.0 Å². The Bertz CT molecular complexity index is 1210. The van der Waals surface area contributed by atoms with Crippen LogP contribution < -0.4 is 0 Å². The highest BCUT2D eigenvalue weighted by atomic mass is 32.2. The molecule has 2 aliphatic rings. The number of fused-ring (bicyclic) bond motifs is 3. The van der Waals surface area contributed by atoms with E-state index in [4.69, 9.17) is 0 Å². The van der Waals surface area contributed by atoms with Crippen LogP contribution in [-0.2, 0) is 30.4 Å². The average molecular weight is 499 g/mol. The Balaban J connectivity index is 1.26. The molecule has 3 aromatic rings. The molecule has 0 N–H and O–H groups in total. The summed E-state index contributed by atoms with van der Waals surface area (Å²) in [4.78, 5) is 25.2. The molecule has 0 unspecified atom stereocenters. The van der Waals surface area contributed by atoms with Gasteiger partial charge in [-0.1, -0.05) is 66.4 Å². The normalized spacial score (nSPS) is 16.0. The summed E-state index contributed by atoms with van der Waals surface area (Å²) in [5.41, 5.74) is 2.51. The van der Waals surface area contributed by atoms with Crippen molar-refractivity contribution < 1.29 is 18.0 Å². The second-order valence-corrected chi connectivity index (χ2v) is 9.71. The highest BCUT2D eigenvalue weighted by Gasteiger charge is 2.39. The maximum absolute atomic E-state index is 13.8. The summed E-state index contributed by atoms with van der Waals surface area (Å²) in [6.07, 6.45) is -3.80. The van der Waals surface area contributed by atoms with E-state index in [1.54, 1.807) is 17.0 Å². The lowest BCUT2D eigenvalue weighted by molar-refractivity contribution is -0.142. The Kier molecular flexibility index (Phi) is 6.80. The molecular weight excluding hydrogens is 473 g/mol. The monoisotopic (exact) mass is 498 g/mol. The topological polar surface area (TPSA) is 49.3 Å². The van der Waals surface area contributed by atoms with Crippen LogP contribution in [-0.4, -0.2) is 57.6 Å². The zero-order valence-corrected chi connectivity index (χ0v) is 19.9. The van der Waals surface area contributed by atoms with Crippen LogP contribution in [0.5, 0.6) is 0 Å². The molecule has 1 amide bonds. The lowest BCUT2D eigenvalue weighted by Gasteiger charge is -2.34. The van der Waals surface area contributed by atoms with Gasteiger partial charge in [0.15, 0.2) is 10.9 Å². The third-order valence-electron chi connectivity index (χ3n) is 6.47. The van der Waals surface area contributed by atoms with E-state index in [1.807, 2.05) is 30.3 Å². The molecule has 1 aliphatic heterocycles. The molecule has 1 aliphatic carbocycles. The number of halogens is 3. The fraction of sp³-hybridized carbons (Fsp3) is 0.346. The molecule has 182 valence electrons. The molecule has 5 rings (SSSR count). The first kappa shape index (κ1) is 23.8. The van der Waals surface area contributed by atoms with Crippen molar-refractivity contribution in [3.63, 3.8) is 0 Å². The molecule has 1 aromatic heterocycles. The fourth-order valence-corrected chi connectivity index (χ4v) is 5.41. The van der Waals surface area contributed by atoms with Gasteiger partial charge in [-0.2, -0.15) is 13.2 Å². The zero-order valence-electron chi connectivity index (χ0n) is 19.1. The molecule has 5 nitrogen and oxygen atoms in total. The summed E-state index contributed by atoms with van der Waals surface area (Å²) in [5.74, 6) is -0.0965. The molecule has 1 fully saturated rings. The number of aryl methyl sites for hydroxylation is 1. The van der Waals surface area contributed by atoms with Crippen molar-refractivity contribution in [1.29, 1.82) is 0 Å². The van der Waals surface area contributed by atoms with E-state index < -0.39 is 11.9 Å². The van der Waals surface area contributed by atoms with Crippen LogP contribution in [0.15, 0.2) is 59.8 Å². The molecule has 0 spiro atoms. The van der Waals surface area contributed by atoms with Crippen LogP contribution in [0, 0.1) is 0 Å². The van der Waals surface area contributed by atoms with E-state index in [1.165, 1.54) is 5.56 Å². The smallest absolute Gasteiger partial charge is 0.339 e. The number of alkyl halides is 3. The third kappa shape index (κ3) is 5.36. The van der Waals surface area contributed by atoms with Crippen molar-refractivity contribution in [3.8, 4) is 11.3 Å². The number of rotatable bonds is 5. The Morgan fingerprint density at radius 1 is 0.914 bits per heavy atom. The first-order valence-electron chi connectivity index (χ1n) is 11.6. The molecule has 2 heterocycles. The van der Waals surface area contributed by atoms with Crippen molar-refractivity contribution in [2.75, 3.05) is 31.9 Å². The van der Waals surface area contributed by atoms with Gasteiger partial charge >= 0.3 is 6.18 Å². The molecule has 1 saturated heterocycles. The maximum Gasteiger partial charge on any atom is 0.433 e. The van der Waals surface area contributed by atoms with Gasteiger partial charge in [-0.25, -0.2) is 9.97 Å². The summed E-state index contributed by atoms with van der Waals surface area (Å²) in [6.45, 7) is 3.55. The minimum absolute atomic E-state index is 0.0103. The number of thioether (sulfide) groups is 1. The van der Waals surface area contributed by atoms with Gasteiger partial charge in [-0.3, -0.25) is 9.69 Å². The van der Waals surface area contributed by atoms with Crippen molar-refractivity contribution in [3.05, 3.63) is 77.0 Å².